The summed E-state index contributed by atoms with van der Waals surface area (Å²) in [6.07, 6.45) is -0.746. The number of rotatable bonds is 6. The van der Waals surface area contributed by atoms with Crippen LogP contribution in [0, 0.1) is 5.92 Å². The van der Waals surface area contributed by atoms with Gasteiger partial charge in [0.15, 0.2) is 0 Å². The molecule has 0 saturated carbocycles. The molecule has 2 aromatic rings. The second-order valence-electron chi connectivity index (χ2n) is 7.59. The molecule has 1 atom stereocenters. The highest BCUT2D eigenvalue weighted by Crippen LogP contribution is 2.44. The second kappa shape index (κ2) is 7.43. The molecule has 1 aliphatic carbocycles. The van der Waals surface area contributed by atoms with Gasteiger partial charge in [-0.1, -0.05) is 62.4 Å². The predicted octanol–water partition coefficient (Wildman–Crippen LogP) is 4.41. The largest absolute Gasteiger partial charge is 0.481 e. The normalized spacial score (nSPS) is 15.0. The average molecular weight is 367 g/mol. The number of carboxylic acids is 1. The van der Waals surface area contributed by atoms with E-state index in [1.165, 1.54) is 11.1 Å². The van der Waals surface area contributed by atoms with Crippen molar-refractivity contribution in [2.24, 2.45) is 5.92 Å². The van der Waals surface area contributed by atoms with E-state index in [0.717, 1.165) is 11.1 Å². The van der Waals surface area contributed by atoms with E-state index in [1.807, 2.05) is 38.1 Å². The Labute approximate surface area is 159 Å². The molecule has 0 bridgehead atoms. The molecule has 0 fully saturated rings. The molecule has 0 radical (unpaired) electrons. The molecule has 5 heteroatoms. The standard InChI is InChI=1S/C22H25NO4/c1-14(2)22(3,12-20(24)25)23-21(26)27-13-19-17-10-6-4-8-15(17)16-9-5-7-11-18(16)19/h4-11,14,19H,12-13H2,1-3H3,(H,23,26)(H,24,25). The van der Waals surface area contributed by atoms with Crippen LogP contribution in [0.15, 0.2) is 48.5 Å². The van der Waals surface area contributed by atoms with Crippen molar-refractivity contribution in [3.63, 3.8) is 0 Å². The zero-order valence-corrected chi connectivity index (χ0v) is 15.9. The third kappa shape index (κ3) is 3.82. The Morgan fingerprint density at radius 3 is 2.07 bits per heavy atom. The third-order valence-corrected chi connectivity index (χ3v) is 5.52. The first-order chi connectivity index (χ1) is 12.8. The molecule has 1 unspecified atom stereocenters. The lowest BCUT2D eigenvalue weighted by Gasteiger charge is -2.33. The minimum absolute atomic E-state index is 0.0204. The summed E-state index contributed by atoms with van der Waals surface area (Å²) in [5.74, 6) is -1.02. The lowest BCUT2D eigenvalue weighted by molar-refractivity contribution is -0.139. The number of carbonyl (C=O) groups is 2. The van der Waals surface area contributed by atoms with Gasteiger partial charge < -0.3 is 15.2 Å². The minimum Gasteiger partial charge on any atom is -0.481 e. The molecule has 1 aliphatic rings. The third-order valence-electron chi connectivity index (χ3n) is 5.52. The van der Waals surface area contributed by atoms with Gasteiger partial charge in [-0.25, -0.2) is 4.79 Å². The van der Waals surface area contributed by atoms with E-state index < -0.39 is 17.6 Å². The number of fused-ring (bicyclic) bond motifs is 3. The summed E-state index contributed by atoms with van der Waals surface area (Å²) >= 11 is 0. The van der Waals surface area contributed by atoms with Crippen molar-refractivity contribution in [3.8, 4) is 11.1 Å². The Kier molecular flexibility index (Phi) is 5.22. The zero-order chi connectivity index (χ0) is 19.6. The Balaban J connectivity index is 1.73. The fourth-order valence-electron chi connectivity index (χ4n) is 3.57. The molecule has 3 rings (SSSR count). The summed E-state index contributed by atoms with van der Waals surface area (Å²) in [6, 6.07) is 16.3. The zero-order valence-electron chi connectivity index (χ0n) is 15.9. The van der Waals surface area contributed by atoms with Gasteiger partial charge in [-0.15, -0.1) is 0 Å². The van der Waals surface area contributed by atoms with E-state index in [1.54, 1.807) is 6.92 Å². The number of nitrogens with one attached hydrogen (secondary N) is 1. The highest BCUT2D eigenvalue weighted by atomic mass is 16.5. The molecule has 5 nitrogen and oxygen atoms in total. The topological polar surface area (TPSA) is 75.6 Å². The number of hydrogen-bond donors (Lipinski definition) is 2. The highest BCUT2D eigenvalue weighted by Gasteiger charge is 2.34. The van der Waals surface area contributed by atoms with Crippen LogP contribution in [0.3, 0.4) is 0 Å². The molecule has 0 aliphatic heterocycles. The van der Waals surface area contributed by atoms with Crippen molar-refractivity contribution >= 4 is 12.1 Å². The smallest absolute Gasteiger partial charge is 0.407 e. The molecule has 0 aromatic heterocycles. The van der Waals surface area contributed by atoms with Gasteiger partial charge >= 0.3 is 12.1 Å². The Morgan fingerprint density at radius 1 is 1.07 bits per heavy atom. The van der Waals surface area contributed by atoms with Gasteiger partial charge in [-0.2, -0.15) is 0 Å². The quantitative estimate of drug-likeness (QED) is 0.793. The van der Waals surface area contributed by atoms with E-state index in [9.17, 15) is 9.59 Å². The van der Waals surface area contributed by atoms with Crippen molar-refractivity contribution in [1.82, 2.24) is 5.32 Å². The molecule has 27 heavy (non-hydrogen) atoms. The molecule has 142 valence electrons. The summed E-state index contributed by atoms with van der Waals surface area (Å²) in [4.78, 5) is 23.5. The van der Waals surface area contributed by atoms with Crippen LogP contribution in [0.25, 0.3) is 11.1 Å². The Hall–Kier alpha value is -2.82. The molecule has 0 spiro atoms. The Bertz CT molecular complexity index is 815. The molecule has 0 saturated heterocycles. The van der Waals surface area contributed by atoms with Gasteiger partial charge in [0.05, 0.1) is 12.0 Å². The van der Waals surface area contributed by atoms with E-state index in [4.69, 9.17) is 9.84 Å². The van der Waals surface area contributed by atoms with Crippen LogP contribution in [0.1, 0.15) is 44.2 Å². The lowest BCUT2D eigenvalue weighted by Crippen LogP contribution is -2.51. The van der Waals surface area contributed by atoms with Gasteiger partial charge in [0.2, 0.25) is 0 Å². The molecule has 2 aromatic carbocycles. The van der Waals surface area contributed by atoms with Crippen LogP contribution in [0.2, 0.25) is 0 Å². The number of aliphatic carboxylic acids is 1. The monoisotopic (exact) mass is 367 g/mol. The fraction of sp³-hybridized carbons (Fsp3) is 0.364. The van der Waals surface area contributed by atoms with Crippen molar-refractivity contribution in [2.75, 3.05) is 6.61 Å². The number of benzene rings is 2. The number of hydrogen-bond acceptors (Lipinski definition) is 3. The van der Waals surface area contributed by atoms with Crippen molar-refractivity contribution < 1.29 is 19.4 Å². The van der Waals surface area contributed by atoms with E-state index >= 15 is 0 Å². The van der Waals surface area contributed by atoms with E-state index in [-0.39, 0.29) is 24.9 Å². The van der Waals surface area contributed by atoms with Crippen molar-refractivity contribution in [2.45, 2.75) is 38.6 Å². The number of alkyl carbamates (subject to hydrolysis) is 1. The molecular formula is C22H25NO4. The maximum Gasteiger partial charge on any atom is 0.407 e. The SMILES string of the molecule is CC(C)C(C)(CC(=O)O)NC(=O)OCC1c2ccccc2-c2ccccc21. The van der Waals surface area contributed by atoms with Gasteiger partial charge in [-0.05, 0) is 35.1 Å². The number of carbonyl (C=O) groups excluding carboxylic acids is 1. The van der Waals surface area contributed by atoms with Crippen LogP contribution in [0.5, 0.6) is 0 Å². The van der Waals surface area contributed by atoms with Crippen LogP contribution < -0.4 is 5.32 Å². The maximum atomic E-state index is 12.4. The van der Waals surface area contributed by atoms with E-state index in [0.29, 0.717) is 0 Å². The molecule has 1 amide bonds. The van der Waals surface area contributed by atoms with Gasteiger partial charge in [0, 0.05) is 5.92 Å². The number of amides is 1. The first-order valence-electron chi connectivity index (χ1n) is 9.17. The molecular weight excluding hydrogens is 342 g/mol. The van der Waals surface area contributed by atoms with E-state index in [2.05, 4.69) is 29.6 Å². The lowest BCUT2D eigenvalue weighted by atomic mass is 9.85. The van der Waals surface area contributed by atoms with Crippen molar-refractivity contribution in [3.05, 3.63) is 59.7 Å². The fourth-order valence-corrected chi connectivity index (χ4v) is 3.57. The molecule has 0 heterocycles. The van der Waals surface area contributed by atoms with Gasteiger partial charge in [-0.3, -0.25) is 4.79 Å². The Morgan fingerprint density at radius 2 is 1.59 bits per heavy atom. The first kappa shape index (κ1) is 19.0. The second-order valence-corrected chi connectivity index (χ2v) is 7.59. The van der Waals surface area contributed by atoms with Crippen LogP contribution in [-0.2, 0) is 9.53 Å². The summed E-state index contributed by atoms with van der Waals surface area (Å²) < 4.78 is 5.52. The maximum absolute atomic E-state index is 12.4. The summed E-state index contributed by atoms with van der Waals surface area (Å²) in [7, 11) is 0. The highest BCUT2D eigenvalue weighted by molar-refractivity contribution is 5.79. The van der Waals surface area contributed by atoms with Gasteiger partial charge in [0.1, 0.15) is 6.61 Å². The van der Waals surface area contributed by atoms with Gasteiger partial charge in [0.25, 0.3) is 0 Å². The first-order valence-corrected chi connectivity index (χ1v) is 9.17. The summed E-state index contributed by atoms with van der Waals surface area (Å²) in [6.45, 7) is 5.70. The minimum atomic E-state index is -0.954. The predicted molar refractivity (Wildman–Crippen MR) is 104 cm³/mol. The number of ether oxygens (including phenoxy) is 1. The number of carboxylic acid groups (broad SMARTS) is 1. The summed E-state index contributed by atoms with van der Waals surface area (Å²) in [5.41, 5.74) is 3.75. The van der Waals surface area contributed by atoms with Crippen LogP contribution in [0.4, 0.5) is 4.79 Å². The van der Waals surface area contributed by atoms with Crippen molar-refractivity contribution in [1.29, 1.82) is 0 Å². The van der Waals surface area contributed by atoms with Crippen LogP contribution >= 0.6 is 0 Å². The van der Waals surface area contributed by atoms with Crippen LogP contribution in [-0.4, -0.2) is 29.3 Å². The average Bonchev–Trinajstić information content (AvgIpc) is 2.93. The molecule has 2 N–H and O–H groups in total. The summed E-state index contributed by atoms with van der Waals surface area (Å²) in [5, 5.41) is 11.9.